The predicted molar refractivity (Wildman–Crippen MR) is 159 cm³/mol. The number of aliphatic hydroxyl groups excluding tert-OH is 1. The van der Waals surface area contributed by atoms with Gasteiger partial charge in [0.1, 0.15) is 23.1 Å². The van der Waals surface area contributed by atoms with Gasteiger partial charge in [0, 0.05) is 43.2 Å². The van der Waals surface area contributed by atoms with Gasteiger partial charge in [-0.1, -0.05) is 0 Å². The van der Waals surface area contributed by atoms with Crippen LogP contribution in [0, 0.1) is 17.5 Å². The first-order valence-corrected chi connectivity index (χ1v) is 14.1. The summed E-state index contributed by atoms with van der Waals surface area (Å²) in [4.78, 5) is 40.5. The predicted octanol–water partition coefficient (Wildman–Crippen LogP) is 3.48. The molecule has 5 rings (SSSR count). The van der Waals surface area contributed by atoms with Crippen LogP contribution < -0.4 is 21.3 Å². The molecule has 1 fully saturated rings. The summed E-state index contributed by atoms with van der Waals surface area (Å²) in [7, 11) is 1.45. The lowest BCUT2D eigenvalue weighted by molar-refractivity contribution is -0.127. The number of halogens is 3. The molecule has 0 bridgehead atoms. The number of likely N-dealkylation sites (N-methyl/N-ethyl adjacent to an activating group) is 1. The number of hydrogen-bond acceptors (Lipinski definition) is 9. The van der Waals surface area contributed by atoms with Gasteiger partial charge in [-0.2, -0.15) is 0 Å². The number of aromatic nitrogens is 4. The number of nitrogen functional groups attached to an aromatic ring is 1. The van der Waals surface area contributed by atoms with Crippen molar-refractivity contribution in [1.29, 1.82) is 0 Å². The fourth-order valence-corrected chi connectivity index (χ4v) is 5.48. The van der Waals surface area contributed by atoms with Crippen LogP contribution in [0.4, 0.5) is 29.5 Å². The van der Waals surface area contributed by atoms with Crippen molar-refractivity contribution in [1.82, 2.24) is 30.0 Å². The highest BCUT2D eigenvalue weighted by molar-refractivity contribution is 5.91. The number of hydrogen-bond donors (Lipinski definition) is 4. The Labute approximate surface area is 256 Å². The monoisotopic (exact) mass is 626 g/mol. The van der Waals surface area contributed by atoms with Crippen LogP contribution in [0.3, 0.4) is 0 Å². The molecule has 1 aromatic carbocycles. The Morgan fingerprint density at radius 1 is 1.09 bits per heavy atom. The second kappa shape index (κ2) is 11.9. The summed E-state index contributed by atoms with van der Waals surface area (Å²) < 4.78 is 49.7. The van der Waals surface area contributed by atoms with Gasteiger partial charge in [0.2, 0.25) is 5.91 Å². The first-order chi connectivity index (χ1) is 21.2. The first-order valence-electron chi connectivity index (χ1n) is 14.1. The summed E-state index contributed by atoms with van der Waals surface area (Å²) in [6.45, 7) is 5.45. The Bertz CT molecular complexity index is 1780. The highest BCUT2D eigenvalue weighted by Crippen LogP contribution is 2.37. The molecule has 238 valence electrons. The molecule has 1 aliphatic heterocycles. The van der Waals surface area contributed by atoms with E-state index in [9.17, 15) is 27.9 Å². The maximum Gasteiger partial charge on any atom is 0.408 e. The van der Waals surface area contributed by atoms with Crippen molar-refractivity contribution in [3.8, 4) is 11.3 Å². The second-order valence-corrected chi connectivity index (χ2v) is 11.8. The molecule has 0 spiro atoms. The zero-order valence-electron chi connectivity index (χ0n) is 25.1. The van der Waals surface area contributed by atoms with Crippen molar-refractivity contribution in [2.45, 2.75) is 50.9 Å². The van der Waals surface area contributed by atoms with Crippen LogP contribution in [0.1, 0.15) is 51.0 Å². The van der Waals surface area contributed by atoms with Crippen molar-refractivity contribution >= 4 is 29.2 Å². The number of nitrogens with zero attached hydrogens (tertiary/aromatic N) is 5. The molecule has 2 unspecified atom stereocenters. The molecule has 1 aliphatic rings. The number of nitrogens with one attached hydrogen (secondary N) is 2. The van der Waals surface area contributed by atoms with Gasteiger partial charge < -0.3 is 31.1 Å². The van der Waals surface area contributed by atoms with Crippen LogP contribution in [-0.2, 0) is 9.53 Å². The van der Waals surface area contributed by atoms with E-state index in [-0.39, 0.29) is 46.9 Å². The van der Waals surface area contributed by atoms with Gasteiger partial charge in [-0.25, -0.2) is 27.9 Å². The van der Waals surface area contributed by atoms with Crippen LogP contribution in [0.25, 0.3) is 16.9 Å². The molecule has 4 aromatic rings. The van der Waals surface area contributed by atoms with Gasteiger partial charge in [-0.15, -0.1) is 0 Å². The largest absolute Gasteiger partial charge is 0.444 e. The minimum atomic E-state index is -1.43. The number of ether oxygens (including phenoxy) is 1. The molecule has 12 nitrogen and oxygen atoms in total. The van der Waals surface area contributed by atoms with Gasteiger partial charge in [0.05, 0.1) is 36.0 Å². The number of carbonyl (C=O) groups is 2. The van der Waals surface area contributed by atoms with Crippen molar-refractivity contribution < 1.29 is 32.6 Å². The lowest BCUT2D eigenvalue weighted by Gasteiger charge is -2.43. The summed E-state index contributed by atoms with van der Waals surface area (Å²) in [6.07, 6.45) is 4.24. The number of nitrogens with two attached hydrogens (primary N) is 1. The van der Waals surface area contributed by atoms with Crippen LogP contribution in [0.15, 0.2) is 43.0 Å². The van der Waals surface area contributed by atoms with Gasteiger partial charge in [0.15, 0.2) is 23.1 Å². The normalized spacial score (nSPS) is 17.6. The van der Waals surface area contributed by atoms with Gasteiger partial charge in [-0.05, 0) is 45.7 Å². The van der Waals surface area contributed by atoms with E-state index >= 15 is 0 Å². The Balaban J connectivity index is 1.62. The number of pyridine rings is 1. The molecule has 2 atom stereocenters. The van der Waals surface area contributed by atoms with E-state index in [1.165, 1.54) is 36.1 Å². The summed E-state index contributed by atoms with van der Waals surface area (Å²) in [5, 5.41) is 17.2. The standard InChI is InChI=1S/C30H33F3N8O4/c1-29(2,3)45-28(44)39-30(27(43)35-4)6-5-8-40(15-30)22-13-37-21(16-10-19(32)20(33)12-18(16)31)11-17(22)24(42)23-14-38-26-25(34)36-7-9-41(23)26/h7,9-14,24,42H,5-6,8,15H2,1-4H3,(H2,34,36)(H,35,43)(H,39,44). The maximum atomic E-state index is 14.8. The molecule has 0 saturated carbocycles. The SMILES string of the molecule is CNC(=O)C1(NC(=O)OC(C)(C)C)CCCN(c2cnc(-c3cc(F)c(F)cc3F)cc2C(O)c2cnc3c(N)nccn23)C1. The van der Waals surface area contributed by atoms with Crippen LogP contribution in [0.5, 0.6) is 0 Å². The fraction of sp³-hybridized carbons (Fsp3) is 0.367. The molecule has 3 aromatic heterocycles. The smallest absolute Gasteiger partial charge is 0.408 e. The van der Waals surface area contributed by atoms with E-state index in [4.69, 9.17) is 10.5 Å². The Hall–Kier alpha value is -4.92. The summed E-state index contributed by atoms with van der Waals surface area (Å²) in [5.41, 5.74) is 4.39. The quantitative estimate of drug-likeness (QED) is 0.235. The molecule has 45 heavy (non-hydrogen) atoms. The third-order valence-corrected chi connectivity index (χ3v) is 7.49. The van der Waals surface area contributed by atoms with Crippen molar-refractivity contribution in [3.05, 3.63) is 71.7 Å². The van der Waals surface area contributed by atoms with Crippen molar-refractivity contribution in [2.75, 3.05) is 30.8 Å². The molecular weight excluding hydrogens is 593 g/mol. The lowest BCUT2D eigenvalue weighted by Crippen LogP contribution is -2.66. The summed E-state index contributed by atoms with van der Waals surface area (Å²) in [5.74, 6) is -4.03. The van der Waals surface area contributed by atoms with Gasteiger partial charge in [-0.3, -0.25) is 14.2 Å². The molecule has 5 N–H and O–H groups in total. The third kappa shape index (κ3) is 6.20. The minimum absolute atomic E-state index is 0.0454. The van der Waals surface area contributed by atoms with Gasteiger partial charge in [0.25, 0.3) is 0 Å². The number of benzene rings is 1. The number of piperidine rings is 1. The highest BCUT2D eigenvalue weighted by atomic mass is 19.2. The van der Waals surface area contributed by atoms with E-state index in [0.29, 0.717) is 30.8 Å². The van der Waals surface area contributed by atoms with Crippen LogP contribution in [0.2, 0.25) is 0 Å². The zero-order valence-corrected chi connectivity index (χ0v) is 25.1. The molecular formula is C30H33F3N8O4. The number of rotatable bonds is 6. The Morgan fingerprint density at radius 3 is 2.53 bits per heavy atom. The fourth-order valence-electron chi connectivity index (χ4n) is 5.48. The Morgan fingerprint density at radius 2 is 1.82 bits per heavy atom. The molecule has 15 heteroatoms. The summed E-state index contributed by atoms with van der Waals surface area (Å²) >= 11 is 0. The lowest BCUT2D eigenvalue weighted by atomic mass is 9.87. The van der Waals surface area contributed by atoms with E-state index in [1.54, 1.807) is 31.9 Å². The first kappa shape index (κ1) is 31.5. The molecule has 0 aliphatic carbocycles. The number of anilines is 2. The number of alkyl carbamates (subject to hydrolysis) is 1. The maximum absolute atomic E-state index is 14.8. The van der Waals surface area contributed by atoms with E-state index in [0.717, 1.165) is 0 Å². The Kier molecular flexibility index (Phi) is 8.31. The van der Waals surface area contributed by atoms with E-state index in [1.807, 2.05) is 0 Å². The second-order valence-electron chi connectivity index (χ2n) is 11.8. The minimum Gasteiger partial charge on any atom is -0.444 e. The average molecular weight is 627 g/mol. The van der Waals surface area contributed by atoms with Gasteiger partial charge >= 0.3 is 6.09 Å². The highest BCUT2D eigenvalue weighted by Gasteiger charge is 2.45. The molecule has 4 heterocycles. The number of aliphatic hydroxyl groups is 1. The number of carbonyl (C=O) groups excluding carboxylic acids is 2. The molecule has 0 radical (unpaired) electrons. The zero-order chi connectivity index (χ0) is 32.7. The third-order valence-electron chi connectivity index (χ3n) is 7.49. The average Bonchev–Trinajstić information content (AvgIpc) is 3.42. The molecule has 2 amide bonds. The van der Waals surface area contributed by atoms with Crippen LogP contribution >= 0.6 is 0 Å². The molecule has 1 saturated heterocycles. The number of imidazole rings is 1. The van der Waals surface area contributed by atoms with E-state index < -0.39 is 46.7 Å². The van der Waals surface area contributed by atoms with Crippen LogP contribution in [-0.4, -0.2) is 67.7 Å². The topological polar surface area (TPSA) is 160 Å². The summed E-state index contributed by atoms with van der Waals surface area (Å²) in [6, 6.07) is 2.46. The van der Waals surface area contributed by atoms with Crippen molar-refractivity contribution in [2.24, 2.45) is 0 Å². The number of fused-ring (bicyclic) bond motifs is 1. The number of amides is 2. The van der Waals surface area contributed by atoms with Crippen molar-refractivity contribution in [3.63, 3.8) is 0 Å². The van der Waals surface area contributed by atoms with E-state index in [2.05, 4.69) is 25.6 Å².